The highest BCUT2D eigenvalue weighted by Crippen LogP contribution is 2.17. The number of ether oxygens (including phenoxy) is 1. The van der Waals surface area contributed by atoms with Gasteiger partial charge in [0, 0.05) is 10.0 Å². The average molecular weight is 322 g/mol. The summed E-state index contributed by atoms with van der Waals surface area (Å²) in [6.07, 6.45) is 0. The Morgan fingerprint density at radius 1 is 1.17 bits per heavy atom. The van der Waals surface area contributed by atoms with Gasteiger partial charge in [-0.3, -0.25) is 0 Å². The van der Waals surface area contributed by atoms with Crippen LogP contribution in [0.15, 0.2) is 53.0 Å². The van der Waals surface area contributed by atoms with E-state index in [1.165, 1.54) is 0 Å². The van der Waals surface area contributed by atoms with Gasteiger partial charge in [0.25, 0.3) is 0 Å². The summed E-state index contributed by atoms with van der Waals surface area (Å²) >= 11 is 8.33. The number of halogens is 1. The highest BCUT2D eigenvalue weighted by molar-refractivity contribution is 9.10. The van der Waals surface area contributed by atoms with Crippen molar-refractivity contribution in [3.63, 3.8) is 0 Å². The number of benzene rings is 2. The standard InChI is InChI=1S/C14H12BrNOS/c15-12-4-6-13(7-5-12)17-9-10-2-1-3-11(8-10)14(16)18/h1-8H,9H2,(H2,16,18). The third-order valence-electron chi connectivity index (χ3n) is 2.43. The van der Waals surface area contributed by atoms with Crippen LogP contribution < -0.4 is 10.5 Å². The Labute approximate surface area is 120 Å². The van der Waals surface area contributed by atoms with E-state index >= 15 is 0 Å². The highest BCUT2D eigenvalue weighted by Gasteiger charge is 2.00. The van der Waals surface area contributed by atoms with Gasteiger partial charge in [0.2, 0.25) is 0 Å². The smallest absolute Gasteiger partial charge is 0.119 e. The van der Waals surface area contributed by atoms with Gasteiger partial charge in [0.15, 0.2) is 0 Å². The van der Waals surface area contributed by atoms with E-state index in [-0.39, 0.29) is 0 Å². The van der Waals surface area contributed by atoms with Gasteiger partial charge in [0.1, 0.15) is 17.3 Å². The first-order chi connectivity index (χ1) is 8.65. The molecule has 0 saturated carbocycles. The lowest BCUT2D eigenvalue weighted by Gasteiger charge is -2.07. The number of hydrogen-bond acceptors (Lipinski definition) is 2. The van der Waals surface area contributed by atoms with Crippen molar-refractivity contribution in [2.45, 2.75) is 6.61 Å². The van der Waals surface area contributed by atoms with Crippen molar-refractivity contribution in [3.05, 3.63) is 64.1 Å². The minimum atomic E-state index is 0.403. The van der Waals surface area contributed by atoms with Crippen LogP contribution in [0.1, 0.15) is 11.1 Å². The van der Waals surface area contributed by atoms with Gasteiger partial charge in [-0.05, 0) is 35.9 Å². The van der Waals surface area contributed by atoms with Gasteiger partial charge in [0.05, 0.1) is 0 Å². The summed E-state index contributed by atoms with van der Waals surface area (Å²) in [7, 11) is 0. The van der Waals surface area contributed by atoms with Crippen LogP contribution in [0, 0.1) is 0 Å². The molecule has 0 unspecified atom stereocenters. The monoisotopic (exact) mass is 321 g/mol. The topological polar surface area (TPSA) is 35.2 Å². The molecule has 0 heterocycles. The maximum atomic E-state index is 5.68. The largest absolute Gasteiger partial charge is 0.489 e. The van der Waals surface area contributed by atoms with Crippen molar-refractivity contribution in [3.8, 4) is 5.75 Å². The number of hydrogen-bond donors (Lipinski definition) is 1. The first-order valence-corrected chi connectivity index (χ1v) is 6.62. The van der Waals surface area contributed by atoms with Crippen LogP contribution >= 0.6 is 28.1 Å². The summed E-state index contributed by atoms with van der Waals surface area (Å²) in [5.74, 6) is 0.832. The maximum absolute atomic E-state index is 5.68. The molecule has 0 aromatic heterocycles. The van der Waals surface area contributed by atoms with Crippen molar-refractivity contribution in [1.82, 2.24) is 0 Å². The zero-order valence-corrected chi connectivity index (χ0v) is 12.0. The molecule has 2 N–H and O–H groups in total. The van der Waals surface area contributed by atoms with Crippen molar-refractivity contribution < 1.29 is 4.74 Å². The predicted octanol–water partition coefficient (Wildman–Crippen LogP) is 3.66. The Bertz CT molecular complexity index is 554. The van der Waals surface area contributed by atoms with Crippen molar-refractivity contribution in [2.24, 2.45) is 5.73 Å². The third kappa shape index (κ3) is 3.55. The van der Waals surface area contributed by atoms with E-state index in [4.69, 9.17) is 22.7 Å². The summed E-state index contributed by atoms with van der Waals surface area (Å²) in [4.78, 5) is 0.403. The second kappa shape index (κ2) is 5.98. The molecule has 2 rings (SSSR count). The molecule has 2 aromatic carbocycles. The van der Waals surface area contributed by atoms with E-state index in [1.54, 1.807) is 0 Å². The molecule has 0 saturated heterocycles. The molecule has 0 aliphatic rings. The molecule has 18 heavy (non-hydrogen) atoms. The molecule has 4 heteroatoms. The molecule has 2 nitrogen and oxygen atoms in total. The van der Waals surface area contributed by atoms with Gasteiger partial charge in [-0.25, -0.2) is 0 Å². The quantitative estimate of drug-likeness (QED) is 0.873. The number of nitrogens with two attached hydrogens (primary N) is 1. The molecular weight excluding hydrogens is 310 g/mol. The van der Waals surface area contributed by atoms with Crippen LogP contribution in [0.3, 0.4) is 0 Å². The minimum absolute atomic E-state index is 0.403. The second-order valence-corrected chi connectivity index (χ2v) is 5.16. The van der Waals surface area contributed by atoms with E-state index in [0.717, 1.165) is 21.3 Å². The summed E-state index contributed by atoms with van der Waals surface area (Å²) in [5.41, 5.74) is 7.50. The van der Waals surface area contributed by atoms with E-state index in [2.05, 4.69) is 15.9 Å². The Hall–Kier alpha value is -1.39. The predicted molar refractivity (Wildman–Crippen MR) is 80.8 cm³/mol. The van der Waals surface area contributed by atoms with E-state index in [0.29, 0.717) is 11.6 Å². The summed E-state index contributed by atoms with van der Waals surface area (Å²) in [5, 5.41) is 0. The van der Waals surface area contributed by atoms with Gasteiger partial charge in [-0.15, -0.1) is 0 Å². The lowest BCUT2D eigenvalue weighted by molar-refractivity contribution is 0.306. The molecule has 0 spiro atoms. The average Bonchev–Trinajstić information content (AvgIpc) is 2.38. The van der Waals surface area contributed by atoms with E-state index < -0.39 is 0 Å². The van der Waals surface area contributed by atoms with Gasteiger partial charge in [-0.1, -0.05) is 46.3 Å². The van der Waals surface area contributed by atoms with Crippen molar-refractivity contribution in [1.29, 1.82) is 0 Å². The number of thiocarbonyl (C=S) groups is 1. The molecule has 0 radical (unpaired) electrons. The van der Waals surface area contributed by atoms with Crippen LogP contribution in [-0.4, -0.2) is 4.99 Å². The van der Waals surface area contributed by atoms with Gasteiger partial charge >= 0.3 is 0 Å². The van der Waals surface area contributed by atoms with Gasteiger partial charge in [-0.2, -0.15) is 0 Å². The normalized spacial score (nSPS) is 10.1. The van der Waals surface area contributed by atoms with Crippen molar-refractivity contribution >= 4 is 33.1 Å². The van der Waals surface area contributed by atoms with Crippen molar-refractivity contribution in [2.75, 3.05) is 0 Å². The molecule has 0 atom stereocenters. The molecule has 92 valence electrons. The molecule has 0 amide bonds. The lowest BCUT2D eigenvalue weighted by atomic mass is 10.1. The van der Waals surface area contributed by atoms with Crippen LogP contribution in [0.25, 0.3) is 0 Å². The first-order valence-electron chi connectivity index (χ1n) is 5.42. The van der Waals surface area contributed by atoms with Crippen LogP contribution in [0.2, 0.25) is 0 Å². The Morgan fingerprint density at radius 3 is 2.56 bits per heavy atom. The fourth-order valence-electron chi connectivity index (χ4n) is 1.51. The fraction of sp³-hybridized carbons (Fsp3) is 0.0714. The van der Waals surface area contributed by atoms with E-state index in [9.17, 15) is 0 Å². The Kier molecular flexibility index (Phi) is 4.33. The zero-order valence-electron chi connectivity index (χ0n) is 9.60. The Morgan fingerprint density at radius 2 is 1.89 bits per heavy atom. The van der Waals surface area contributed by atoms with E-state index in [1.807, 2.05) is 48.5 Å². The maximum Gasteiger partial charge on any atom is 0.119 e. The highest BCUT2D eigenvalue weighted by atomic mass is 79.9. The number of rotatable bonds is 4. The zero-order chi connectivity index (χ0) is 13.0. The van der Waals surface area contributed by atoms with Gasteiger partial charge < -0.3 is 10.5 Å². The molecule has 0 fully saturated rings. The van der Waals surface area contributed by atoms with Crippen LogP contribution in [0.4, 0.5) is 0 Å². The summed E-state index contributed by atoms with van der Waals surface area (Å²) in [6.45, 7) is 0.498. The molecule has 2 aromatic rings. The second-order valence-electron chi connectivity index (χ2n) is 3.81. The SMILES string of the molecule is NC(=S)c1cccc(COc2ccc(Br)cc2)c1. The lowest BCUT2D eigenvalue weighted by Crippen LogP contribution is -2.09. The fourth-order valence-corrected chi connectivity index (χ4v) is 1.90. The first kappa shape index (κ1) is 13.1. The third-order valence-corrected chi connectivity index (χ3v) is 3.20. The summed E-state index contributed by atoms with van der Waals surface area (Å²) in [6, 6.07) is 15.5. The molecule has 0 aliphatic heterocycles. The molecule has 0 bridgehead atoms. The molecular formula is C14H12BrNOS. The molecule has 0 aliphatic carbocycles. The minimum Gasteiger partial charge on any atom is -0.489 e. The van der Waals surface area contributed by atoms with Crippen LogP contribution in [0.5, 0.6) is 5.75 Å². The summed E-state index contributed by atoms with van der Waals surface area (Å²) < 4.78 is 6.71. The van der Waals surface area contributed by atoms with Crippen LogP contribution in [-0.2, 0) is 6.61 Å². The Balaban J connectivity index is 2.04.